The van der Waals surface area contributed by atoms with Crippen molar-refractivity contribution in [1.29, 1.82) is 0 Å². The standard InChI is InChI=1S/C25H21ClN4O3/c26-18-10-8-17(9-11-18)24-20-6-2-3-7-21(20)25(31)29(27-24)23-16-19(12-13-22(23)30(32)33)28-14-4-1-5-15-28/h2-3,6-13,16H,1,4-5,14-15H2. The Hall–Kier alpha value is -3.71. The van der Waals surface area contributed by atoms with E-state index in [1.54, 1.807) is 36.4 Å². The van der Waals surface area contributed by atoms with Crippen molar-refractivity contribution in [3.05, 3.63) is 92.2 Å². The van der Waals surface area contributed by atoms with Crippen molar-refractivity contribution in [3.8, 4) is 16.9 Å². The lowest BCUT2D eigenvalue weighted by atomic mass is 10.0. The van der Waals surface area contributed by atoms with Gasteiger partial charge in [0.1, 0.15) is 5.69 Å². The Balaban J connectivity index is 1.77. The summed E-state index contributed by atoms with van der Waals surface area (Å²) in [6.45, 7) is 1.76. The van der Waals surface area contributed by atoms with E-state index in [0.29, 0.717) is 21.5 Å². The monoisotopic (exact) mass is 460 g/mol. The highest BCUT2D eigenvalue weighted by molar-refractivity contribution is 6.30. The van der Waals surface area contributed by atoms with Crippen LogP contribution in [0, 0.1) is 10.1 Å². The predicted octanol–water partition coefficient (Wildman–Crippen LogP) is 5.60. The summed E-state index contributed by atoms with van der Waals surface area (Å²) < 4.78 is 1.16. The number of fused-ring (bicyclic) bond motifs is 1. The molecule has 166 valence electrons. The third kappa shape index (κ3) is 3.96. The van der Waals surface area contributed by atoms with Crippen molar-refractivity contribution in [1.82, 2.24) is 9.78 Å². The van der Waals surface area contributed by atoms with Crippen LogP contribution in [0.3, 0.4) is 0 Å². The van der Waals surface area contributed by atoms with Gasteiger partial charge in [0.2, 0.25) is 0 Å². The van der Waals surface area contributed by atoms with Crippen molar-refractivity contribution in [3.63, 3.8) is 0 Å². The van der Waals surface area contributed by atoms with Crippen LogP contribution in [0.2, 0.25) is 5.02 Å². The highest BCUT2D eigenvalue weighted by Gasteiger charge is 2.23. The Labute approximate surface area is 195 Å². The molecule has 3 aromatic carbocycles. The van der Waals surface area contributed by atoms with Gasteiger partial charge >= 0.3 is 0 Å². The Kier molecular flexibility index (Phi) is 5.56. The summed E-state index contributed by atoms with van der Waals surface area (Å²) in [6, 6.07) is 19.2. The van der Waals surface area contributed by atoms with E-state index in [9.17, 15) is 14.9 Å². The molecule has 1 aromatic heterocycles. The van der Waals surface area contributed by atoms with E-state index in [4.69, 9.17) is 11.6 Å². The van der Waals surface area contributed by atoms with Gasteiger partial charge in [-0.1, -0.05) is 41.9 Å². The lowest BCUT2D eigenvalue weighted by Gasteiger charge is -2.29. The number of benzene rings is 3. The molecule has 4 aromatic rings. The van der Waals surface area contributed by atoms with E-state index in [2.05, 4.69) is 10.00 Å². The maximum atomic E-state index is 13.5. The number of hydrogen-bond acceptors (Lipinski definition) is 5. The zero-order valence-corrected chi connectivity index (χ0v) is 18.5. The van der Waals surface area contributed by atoms with Crippen LogP contribution in [-0.4, -0.2) is 27.8 Å². The number of anilines is 1. The van der Waals surface area contributed by atoms with Crippen LogP contribution in [0.4, 0.5) is 11.4 Å². The normalized spacial score (nSPS) is 13.9. The lowest BCUT2D eigenvalue weighted by Crippen LogP contribution is -2.30. The van der Waals surface area contributed by atoms with Crippen LogP contribution in [0.15, 0.2) is 71.5 Å². The number of nitro benzene ring substituents is 1. The molecular weight excluding hydrogens is 440 g/mol. The summed E-state index contributed by atoms with van der Waals surface area (Å²) in [6.07, 6.45) is 3.31. The molecule has 0 N–H and O–H groups in total. The number of nitrogens with zero attached hydrogens (tertiary/aromatic N) is 4. The molecule has 7 nitrogen and oxygen atoms in total. The first-order valence-electron chi connectivity index (χ1n) is 10.8. The van der Waals surface area contributed by atoms with Crippen LogP contribution in [0.1, 0.15) is 19.3 Å². The van der Waals surface area contributed by atoms with Crippen LogP contribution < -0.4 is 10.5 Å². The second kappa shape index (κ2) is 8.67. The summed E-state index contributed by atoms with van der Waals surface area (Å²) in [4.78, 5) is 27.1. The second-order valence-electron chi connectivity index (χ2n) is 8.10. The quantitative estimate of drug-likeness (QED) is 0.292. The van der Waals surface area contributed by atoms with Gasteiger partial charge in [-0.15, -0.1) is 0 Å². The maximum Gasteiger partial charge on any atom is 0.295 e. The van der Waals surface area contributed by atoms with Gasteiger partial charge in [-0.05, 0) is 49.6 Å². The number of piperidine rings is 1. The zero-order chi connectivity index (χ0) is 22.9. The molecule has 0 spiro atoms. The van der Waals surface area contributed by atoms with Gasteiger partial charge in [0.05, 0.1) is 16.0 Å². The summed E-state index contributed by atoms with van der Waals surface area (Å²) in [5.41, 5.74) is 1.77. The maximum absolute atomic E-state index is 13.5. The lowest BCUT2D eigenvalue weighted by molar-refractivity contribution is -0.384. The van der Waals surface area contributed by atoms with E-state index in [1.165, 1.54) is 12.5 Å². The number of hydrogen-bond donors (Lipinski definition) is 0. The molecule has 0 bridgehead atoms. The minimum Gasteiger partial charge on any atom is -0.371 e. The summed E-state index contributed by atoms with van der Waals surface area (Å²) in [7, 11) is 0. The van der Waals surface area contributed by atoms with Crippen molar-refractivity contribution < 1.29 is 4.92 Å². The molecule has 0 amide bonds. The zero-order valence-electron chi connectivity index (χ0n) is 17.8. The predicted molar refractivity (Wildman–Crippen MR) is 131 cm³/mol. The van der Waals surface area contributed by atoms with Gasteiger partial charge in [0, 0.05) is 40.8 Å². The van der Waals surface area contributed by atoms with Gasteiger partial charge in [-0.2, -0.15) is 9.78 Å². The van der Waals surface area contributed by atoms with Gasteiger partial charge in [0.25, 0.3) is 11.2 Å². The Morgan fingerprint density at radius 2 is 1.61 bits per heavy atom. The largest absolute Gasteiger partial charge is 0.371 e. The van der Waals surface area contributed by atoms with E-state index in [1.807, 2.05) is 24.3 Å². The van der Waals surface area contributed by atoms with Crippen LogP contribution in [0.5, 0.6) is 0 Å². The number of aromatic nitrogens is 2. The number of rotatable bonds is 4. The summed E-state index contributed by atoms with van der Waals surface area (Å²) in [5.74, 6) is 0. The fraction of sp³-hybridized carbons (Fsp3) is 0.200. The fourth-order valence-corrected chi connectivity index (χ4v) is 4.48. The molecule has 0 atom stereocenters. The fourth-order valence-electron chi connectivity index (χ4n) is 4.36. The molecule has 1 aliphatic heterocycles. The first-order valence-corrected chi connectivity index (χ1v) is 11.2. The summed E-state index contributed by atoms with van der Waals surface area (Å²) >= 11 is 6.06. The number of nitro groups is 1. The summed E-state index contributed by atoms with van der Waals surface area (Å²) in [5, 5.41) is 18.2. The molecule has 1 fully saturated rings. The van der Waals surface area contributed by atoms with Crippen molar-refractivity contribution in [2.24, 2.45) is 0 Å². The molecule has 2 heterocycles. The second-order valence-corrected chi connectivity index (χ2v) is 8.53. The van der Waals surface area contributed by atoms with Gasteiger partial charge < -0.3 is 4.90 Å². The minimum absolute atomic E-state index is 0.161. The third-order valence-electron chi connectivity index (χ3n) is 6.03. The van der Waals surface area contributed by atoms with Gasteiger partial charge in [-0.3, -0.25) is 14.9 Å². The Bertz CT molecular complexity index is 1410. The molecule has 0 saturated carbocycles. The molecule has 0 aliphatic carbocycles. The average Bonchev–Trinajstić information content (AvgIpc) is 2.85. The van der Waals surface area contributed by atoms with Crippen molar-refractivity contribution in [2.75, 3.05) is 18.0 Å². The topological polar surface area (TPSA) is 81.3 Å². The van der Waals surface area contributed by atoms with Crippen LogP contribution in [-0.2, 0) is 0 Å². The minimum atomic E-state index is -0.472. The van der Waals surface area contributed by atoms with E-state index in [-0.39, 0.29) is 11.4 Å². The molecule has 0 unspecified atom stereocenters. The van der Waals surface area contributed by atoms with Crippen LogP contribution >= 0.6 is 11.6 Å². The highest BCUT2D eigenvalue weighted by Crippen LogP contribution is 2.31. The first kappa shape index (κ1) is 21.2. The average molecular weight is 461 g/mol. The first-order chi connectivity index (χ1) is 16.0. The molecule has 0 radical (unpaired) electrons. The Morgan fingerprint density at radius 3 is 2.30 bits per heavy atom. The number of halogens is 1. The van der Waals surface area contributed by atoms with E-state index >= 15 is 0 Å². The van der Waals surface area contributed by atoms with Crippen molar-refractivity contribution >= 4 is 33.7 Å². The molecule has 1 saturated heterocycles. The molecule has 1 aliphatic rings. The van der Waals surface area contributed by atoms with Gasteiger partial charge in [0.15, 0.2) is 0 Å². The molecular formula is C25H21ClN4O3. The van der Waals surface area contributed by atoms with Gasteiger partial charge in [-0.25, -0.2) is 0 Å². The van der Waals surface area contributed by atoms with E-state index in [0.717, 1.165) is 41.9 Å². The van der Waals surface area contributed by atoms with E-state index < -0.39 is 10.5 Å². The smallest absolute Gasteiger partial charge is 0.295 e. The molecule has 8 heteroatoms. The highest BCUT2D eigenvalue weighted by atomic mass is 35.5. The van der Waals surface area contributed by atoms with Crippen LogP contribution in [0.25, 0.3) is 27.7 Å². The Morgan fingerprint density at radius 1 is 0.909 bits per heavy atom. The molecule has 33 heavy (non-hydrogen) atoms. The SMILES string of the molecule is O=c1c2ccccc2c(-c2ccc(Cl)cc2)nn1-c1cc(N2CCCCC2)ccc1[N+](=O)[O-]. The molecule has 5 rings (SSSR count). The van der Waals surface area contributed by atoms with Crippen molar-refractivity contribution in [2.45, 2.75) is 19.3 Å². The third-order valence-corrected chi connectivity index (χ3v) is 6.28.